The number of non-ortho nitro benzene ring substituents is 1. The number of rotatable bonds is 19. The van der Waals surface area contributed by atoms with Crippen LogP contribution < -0.4 is 26.6 Å². The summed E-state index contributed by atoms with van der Waals surface area (Å²) in [4.78, 5) is 88.6. The van der Waals surface area contributed by atoms with Crippen molar-refractivity contribution in [3.8, 4) is 0 Å². The second-order valence-corrected chi connectivity index (χ2v) is 14.4. The molecule has 0 saturated carbocycles. The van der Waals surface area contributed by atoms with Gasteiger partial charge in [0.25, 0.3) is 5.69 Å². The minimum Gasteiger partial charge on any atom is -0.459 e. The molecule has 16 heteroatoms. The van der Waals surface area contributed by atoms with Gasteiger partial charge in [0.05, 0.1) is 18.0 Å². The van der Waals surface area contributed by atoms with E-state index >= 15 is 0 Å². The number of amides is 5. The fraction of sp³-hybridized carbons (Fsp3) is 0.400. The first kappa shape index (κ1) is 44.1. The summed E-state index contributed by atoms with van der Waals surface area (Å²) in [6, 6.07) is 19.9. The maximum atomic E-state index is 13.8. The van der Waals surface area contributed by atoms with E-state index in [2.05, 4.69) is 26.6 Å². The molecule has 56 heavy (non-hydrogen) atoms. The Labute approximate surface area is 325 Å². The fourth-order valence-corrected chi connectivity index (χ4v) is 5.27. The molecule has 0 bridgehead atoms. The highest BCUT2D eigenvalue weighted by Gasteiger charge is 2.29. The van der Waals surface area contributed by atoms with E-state index in [1.165, 1.54) is 24.3 Å². The average Bonchev–Trinajstić information content (AvgIpc) is 3.14. The zero-order valence-corrected chi connectivity index (χ0v) is 32.2. The molecule has 5 N–H and O–H groups in total. The van der Waals surface area contributed by atoms with Gasteiger partial charge in [-0.15, -0.1) is 0 Å². The molecule has 0 fully saturated rings. The monoisotopic (exact) mass is 774 g/mol. The van der Waals surface area contributed by atoms with Crippen molar-refractivity contribution in [3.05, 3.63) is 112 Å². The van der Waals surface area contributed by atoms with Crippen LogP contribution in [0.15, 0.2) is 84.9 Å². The van der Waals surface area contributed by atoms with E-state index in [9.17, 15) is 38.9 Å². The predicted molar refractivity (Wildman–Crippen MR) is 206 cm³/mol. The van der Waals surface area contributed by atoms with Crippen molar-refractivity contribution >= 4 is 41.4 Å². The smallest absolute Gasteiger partial charge is 0.408 e. The van der Waals surface area contributed by atoms with Crippen molar-refractivity contribution < 1.29 is 43.2 Å². The molecule has 0 aromatic heterocycles. The Hall–Kier alpha value is -6.32. The molecule has 0 aliphatic carbocycles. The molecule has 0 aliphatic rings. The van der Waals surface area contributed by atoms with Crippen LogP contribution in [0.25, 0.3) is 0 Å². The number of carbonyl (C=O) groups is 6. The summed E-state index contributed by atoms with van der Waals surface area (Å²) in [6.45, 7) is 7.57. The van der Waals surface area contributed by atoms with Crippen LogP contribution in [0.2, 0.25) is 0 Å². The minimum atomic E-state index is -1.18. The number of ether oxygens (including phenoxy) is 2. The Morgan fingerprint density at radius 2 is 1.21 bits per heavy atom. The molecule has 300 valence electrons. The van der Waals surface area contributed by atoms with Gasteiger partial charge in [-0.05, 0) is 61.9 Å². The Morgan fingerprint density at radius 3 is 1.75 bits per heavy atom. The lowest BCUT2D eigenvalue weighted by Gasteiger charge is -2.24. The van der Waals surface area contributed by atoms with Gasteiger partial charge in [-0.3, -0.25) is 29.3 Å². The maximum Gasteiger partial charge on any atom is 0.408 e. The Bertz CT molecular complexity index is 1800. The number of hydrogen-bond donors (Lipinski definition) is 5. The number of nitro benzene ring substituents is 1. The molecule has 3 aromatic carbocycles. The van der Waals surface area contributed by atoms with Gasteiger partial charge in [-0.1, -0.05) is 74.5 Å². The molecule has 0 saturated heterocycles. The molecule has 3 aromatic rings. The van der Waals surface area contributed by atoms with Crippen LogP contribution in [0.1, 0.15) is 57.7 Å². The summed E-state index contributed by atoms with van der Waals surface area (Å²) in [5.74, 6) is -3.46. The highest BCUT2D eigenvalue weighted by Crippen LogP contribution is 2.14. The number of benzene rings is 3. The third-order valence-electron chi connectivity index (χ3n) is 7.93. The van der Waals surface area contributed by atoms with Crippen molar-refractivity contribution in [3.63, 3.8) is 0 Å². The number of hydrogen-bond acceptors (Lipinski definition) is 10. The number of nitrogens with zero attached hydrogens (tertiary/aromatic N) is 1. The first-order valence-electron chi connectivity index (χ1n) is 18.1. The number of alkyl carbamates (subject to hydrolysis) is 1. The molecule has 0 radical (unpaired) electrons. The highest BCUT2D eigenvalue weighted by molar-refractivity contribution is 5.93. The largest absolute Gasteiger partial charge is 0.459 e. The zero-order chi connectivity index (χ0) is 41.3. The third-order valence-corrected chi connectivity index (χ3v) is 7.93. The Balaban J connectivity index is 1.65. The molecule has 5 amide bonds. The van der Waals surface area contributed by atoms with Crippen LogP contribution in [0, 0.1) is 16.0 Å². The first-order chi connectivity index (χ1) is 26.5. The Morgan fingerprint density at radius 1 is 0.661 bits per heavy atom. The van der Waals surface area contributed by atoms with Crippen LogP contribution in [0.4, 0.5) is 10.5 Å². The van der Waals surface area contributed by atoms with Crippen molar-refractivity contribution in [1.29, 1.82) is 0 Å². The van der Waals surface area contributed by atoms with Crippen LogP contribution >= 0.6 is 0 Å². The van der Waals surface area contributed by atoms with E-state index in [0.29, 0.717) is 11.1 Å². The molecule has 16 nitrogen and oxygen atoms in total. The molecular weight excluding hydrogens is 724 g/mol. The van der Waals surface area contributed by atoms with Gasteiger partial charge in [-0.2, -0.15) is 0 Å². The molecule has 0 spiro atoms. The lowest BCUT2D eigenvalue weighted by atomic mass is 10.0. The molecule has 0 heterocycles. The van der Waals surface area contributed by atoms with E-state index in [-0.39, 0.29) is 37.5 Å². The number of nitro groups is 1. The van der Waals surface area contributed by atoms with Gasteiger partial charge >= 0.3 is 12.1 Å². The second kappa shape index (κ2) is 21.5. The Kier molecular flexibility index (Phi) is 17.0. The second-order valence-electron chi connectivity index (χ2n) is 14.4. The van der Waals surface area contributed by atoms with Gasteiger partial charge in [0.15, 0.2) is 0 Å². The van der Waals surface area contributed by atoms with Gasteiger partial charge in [0, 0.05) is 25.0 Å². The summed E-state index contributed by atoms with van der Waals surface area (Å²) in [5, 5.41) is 23.7. The highest BCUT2D eigenvalue weighted by atomic mass is 16.6. The topological polar surface area (TPSA) is 224 Å². The quantitative estimate of drug-likeness (QED) is 0.0679. The number of carbonyl (C=O) groups excluding carboxylic acids is 6. The van der Waals surface area contributed by atoms with Crippen molar-refractivity contribution in [1.82, 2.24) is 26.6 Å². The lowest BCUT2D eigenvalue weighted by Crippen LogP contribution is -2.55. The summed E-state index contributed by atoms with van der Waals surface area (Å²) in [7, 11) is 0. The van der Waals surface area contributed by atoms with Crippen molar-refractivity contribution in [2.24, 2.45) is 5.92 Å². The van der Waals surface area contributed by atoms with Gasteiger partial charge in [-0.25, -0.2) is 9.59 Å². The van der Waals surface area contributed by atoms with E-state index in [1.807, 2.05) is 13.8 Å². The van der Waals surface area contributed by atoms with E-state index < -0.39 is 77.4 Å². The summed E-state index contributed by atoms with van der Waals surface area (Å²) >= 11 is 0. The summed E-state index contributed by atoms with van der Waals surface area (Å²) in [5.41, 5.74) is 1.03. The molecule has 3 rings (SSSR count). The average molecular weight is 775 g/mol. The van der Waals surface area contributed by atoms with Gasteiger partial charge in [0.1, 0.15) is 30.3 Å². The lowest BCUT2D eigenvalue weighted by molar-refractivity contribution is -0.384. The van der Waals surface area contributed by atoms with Crippen molar-refractivity contribution in [2.45, 2.75) is 84.2 Å². The fourth-order valence-electron chi connectivity index (χ4n) is 5.27. The number of esters is 1. The van der Waals surface area contributed by atoms with Gasteiger partial charge < -0.3 is 36.1 Å². The predicted octanol–water partition coefficient (Wildman–Crippen LogP) is 3.26. The first-order valence-corrected chi connectivity index (χ1v) is 18.1. The molecule has 0 aliphatic heterocycles. The standard InChI is InChI=1S/C40H50N6O10/c1-26(2)20-31(45-39(52)56-40(3,4)5)36(49)42-23-34(47)41-24-35(48)43-32(21-27-12-8-6-9-13-27)37(50)44-33(22-28-14-10-7-11-15-28)38(51)55-25-29-16-18-30(19-17-29)46(53)54/h6-19,26,31-33H,20-25H2,1-5H3,(H,41,47)(H,42,49)(H,43,48)(H,44,50)(H,45,52)/t31-,32-,33+/m0/s1. The van der Waals surface area contributed by atoms with Crippen molar-refractivity contribution in [2.75, 3.05) is 13.1 Å². The number of nitrogens with one attached hydrogen (secondary N) is 5. The summed E-state index contributed by atoms with van der Waals surface area (Å²) in [6.07, 6.45) is -0.395. The van der Waals surface area contributed by atoms with Crippen LogP contribution in [0.3, 0.4) is 0 Å². The van der Waals surface area contributed by atoms with E-state index in [1.54, 1.807) is 81.4 Å². The third kappa shape index (κ3) is 16.4. The zero-order valence-electron chi connectivity index (χ0n) is 32.2. The maximum absolute atomic E-state index is 13.8. The molecule has 3 atom stereocenters. The summed E-state index contributed by atoms with van der Waals surface area (Å²) < 4.78 is 10.8. The minimum absolute atomic E-state index is 0.0286. The SMILES string of the molecule is CC(C)C[C@H](NC(=O)OC(C)(C)C)C(=O)NCC(=O)NCC(=O)N[C@@H](Cc1ccccc1)C(=O)N[C@H](Cc1ccccc1)C(=O)OCc1ccc([N+](=O)[O-])cc1. The van der Waals surface area contributed by atoms with Gasteiger partial charge in [0.2, 0.25) is 23.6 Å². The van der Waals surface area contributed by atoms with Crippen LogP contribution in [-0.2, 0) is 52.9 Å². The van der Waals surface area contributed by atoms with E-state index in [4.69, 9.17) is 9.47 Å². The normalized spacial score (nSPS) is 12.6. The molecular formula is C40H50N6O10. The van der Waals surface area contributed by atoms with E-state index in [0.717, 1.165) is 5.56 Å². The molecule has 0 unspecified atom stereocenters. The van der Waals surface area contributed by atoms with Crippen LogP contribution in [-0.4, -0.2) is 77.4 Å². The van der Waals surface area contributed by atoms with Crippen LogP contribution in [0.5, 0.6) is 0 Å².